The lowest BCUT2D eigenvalue weighted by Crippen LogP contribution is -2.48. The molecule has 1 aromatic heterocycles. The second-order valence-corrected chi connectivity index (χ2v) is 6.18. The molecule has 0 aliphatic carbocycles. The predicted octanol–water partition coefficient (Wildman–Crippen LogP) is 1.05. The predicted molar refractivity (Wildman–Crippen MR) is 93.4 cm³/mol. The summed E-state index contributed by atoms with van der Waals surface area (Å²) in [6.07, 6.45) is 3.58. The van der Waals surface area contributed by atoms with Gasteiger partial charge in [0.25, 0.3) is 0 Å². The van der Waals surface area contributed by atoms with Crippen molar-refractivity contribution in [2.75, 3.05) is 26.2 Å². The van der Waals surface area contributed by atoms with Crippen LogP contribution in [-0.4, -0.2) is 57.8 Å². The zero-order valence-corrected chi connectivity index (χ0v) is 15.0. The summed E-state index contributed by atoms with van der Waals surface area (Å²) in [5, 5.41) is 15.1. The lowest BCUT2D eigenvalue weighted by atomic mass is 10.1. The Kier molecular flexibility index (Phi) is 6.83. The highest BCUT2D eigenvalue weighted by molar-refractivity contribution is 5.80. The fraction of sp³-hybridized carbons (Fsp3) is 0.812. The van der Waals surface area contributed by atoms with Crippen molar-refractivity contribution in [1.29, 1.82) is 0 Å². The monoisotopic (exact) mass is 321 g/mol. The van der Waals surface area contributed by atoms with Crippen LogP contribution in [0, 0.1) is 6.92 Å². The number of aliphatic imine (C=N–C) groups is 1. The summed E-state index contributed by atoms with van der Waals surface area (Å²) >= 11 is 0. The number of likely N-dealkylation sites (tertiary alicyclic amines) is 1. The minimum absolute atomic E-state index is 0.502. The van der Waals surface area contributed by atoms with Gasteiger partial charge in [0.15, 0.2) is 11.8 Å². The van der Waals surface area contributed by atoms with Gasteiger partial charge in [0, 0.05) is 32.7 Å². The Morgan fingerprint density at radius 3 is 2.57 bits per heavy atom. The van der Waals surface area contributed by atoms with E-state index in [4.69, 9.17) is 0 Å². The van der Waals surface area contributed by atoms with E-state index in [0.717, 1.165) is 24.2 Å². The first-order valence-electron chi connectivity index (χ1n) is 8.76. The summed E-state index contributed by atoms with van der Waals surface area (Å²) in [5.74, 6) is 2.68. The summed E-state index contributed by atoms with van der Waals surface area (Å²) in [5.41, 5.74) is 0. The van der Waals surface area contributed by atoms with Gasteiger partial charge in [0.05, 0.1) is 0 Å². The van der Waals surface area contributed by atoms with E-state index in [1.54, 1.807) is 0 Å². The molecule has 2 rings (SSSR count). The molecule has 0 unspecified atom stereocenters. The Hall–Kier alpha value is -1.63. The molecule has 2 heterocycles. The molecule has 1 fully saturated rings. The van der Waals surface area contributed by atoms with Crippen molar-refractivity contribution in [1.82, 2.24) is 30.3 Å². The number of hydrogen-bond acceptors (Lipinski definition) is 4. The largest absolute Gasteiger partial charge is 0.357 e. The highest BCUT2D eigenvalue weighted by atomic mass is 15.3. The van der Waals surface area contributed by atoms with Crippen LogP contribution in [-0.2, 0) is 13.6 Å². The minimum Gasteiger partial charge on any atom is -0.357 e. The third-order valence-corrected chi connectivity index (χ3v) is 4.37. The lowest BCUT2D eigenvalue weighted by molar-refractivity contribution is 0.206. The zero-order chi connectivity index (χ0) is 16.7. The van der Waals surface area contributed by atoms with E-state index < -0.39 is 0 Å². The smallest absolute Gasteiger partial charge is 0.191 e. The van der Waals surface area contributed by atoms with Crippen molar-refractivity contribution < 1.29 is 0 Å². The van der Waals surface area contributed by atoms with Gasteiger partial charge in [-0.2, -0.15) is 0 Å². The fourth-order valence-electron chi connectivity index (χ4n) is 2.87. The molecule has 0 saturated carbocycles. The first-order valence-corrected chi connectivity index (χ1v) is 8.76. The summed E-state index contributed by atoms with van der Waals surface area (Å²) in [6, 6.07) is 0.502. The van der Waals surface area contributed by atoms with Crippen LogP contribution in [0.15, 0.2) is 4.99 Å². The SMILES string of the molecule is CCCN1CCC(NC(=NCc2nnc(C)n2C)NCC)CC1. The molecule has 0 amide bonds. The molecule has 7 nitrogen and oxygen atoms in total. The van der Waals surface area contributed by atoms with E-state index in [9.17, 15) is 0 Å². The van der Waals surface area contributed by atoms with E-state index >= 15 is 0 Å². The van der Waals surface area contributed by atoms with Crippen LogP contribution < -0.4 is 10.6 Å². The third-order valence-electron chi connectivity index (χ3n) is 4.37. The van der Waals surface area contributed by atoms with Crippen LogP contribution in [0.2, 0.25) is 0 Å². The van der Waals surface area contributed by atoms with Crippen LogP contribution in [0.4, 0.5) is 0 Å². The number of aromatic nitrogens is 3. The molecule has 1 aliphatic heterocycles. The number of aryl methyl sites for hydroxylation is 1. The van der Waals surface area contributed by atoms with E-state index in [-0.39, 0.29) is 0 Å². The highest BCUT2D eigenvalue weighted by Crippen LogP contribution is 2.10. The normalized spacial score (nSPS) is 17.5. The van der Waals surface area contributed by atoms with Crippen LogP contribution in [0.25, 0.3) is 0 Å². The van der Waals surface area contributed by atoms with Crippen molar-refractivity contribution in [2.24, 2.45) is 12.0 Å². The van der Waals surface area contributed by atoms with Gasteiger partial charge in [-0.05, 0) is 39.7 Å². The number of nitrogens with zero attached hydrogens (tertiary/aromatic N) is 5. The van der Waals surface area contributed by atoms with Crippen molar-refractivity contribution in [3.05, 3.63) is 11.6 Å². The van der Waals surface area contributed by atoms with Crippen molar-refractivity contribution in [2.45, 2.75) is 52.6 Å². The van der Waals surface area contributed by atoms with E-state index in [0.29, 0.717) is 12.6 Å². The minimum atomic E-state index is 0.502. The molecule has 0 radical (unpaired) electrons. The van der Waals surface area contributed by atoms with Gasteiger partial charge in [0.1, 0.15) is 12.4 Å². The maximum Gasteiger partial charge on any atom is 0.191 e. The Balaban J connectivity index is 1.88. The van der Waals surface area contributed by atoms with E-state index in [2.05, 4.69) is 44.6 Å². The van der Waals surface area contributed by atoms with Gasteiger partial charge in [0.2, 0.25) is 0 Å². The van der Waals surface area contributed by atoms with E-state index in [1.165, 1.54) is 38.9 Å². The standard InChI is InChI=1S/C16H31N7/c1-5-9-23-10-7-14(8-11-23)19-16(17-6-2)18-12-15-21-20-13(3)22(15)4/h14H,5-12H2,1-4H3,(H2,17,18,19). The molecule has 7 heteroatoms. The molecule has 1 aliphatic rings. The first-order chi connectivity index (χ1) is 11.1. The maximum absolute atomic E-state index is 4.66. The fourth-order valence-corrected chi connectivity index (χ4v) is 2.87. The first kappa shape index (κ1) is 17.7. The molecule has 2 N–H and O–H groups in total. The number of piperidine rings is 1. The number of rotatable bonds is 6. The van der Waals surface area contributed by atoms with Gasteiger partial charge in [-0.3, -0.25) is 0 Å². The summed E-state index contributed by atoms with van der Waals surface area (Å²) < 4.78 is 1.98. The average Bonchev–Trinajstić information content (AvgIpc) is 2.87. The van der Waals surface area contributed by atoms with Crippen molar-refractivity contribution in [3.63, 3.8) is 0 Å². The molecule has 1 saturated heterocycles. The second kappa shape index (κ2) is 8.86. The Morgan fingerprint density at radius 2 is 2.00 bits per heavy atom. The van der Waals surface area contributed by atoms with Crippen LogP contribution in [0.5, 0.6) is 0 Å². The molecule has 0 atom stereocenters. The van der Waals surface area contributed by atoms with Crippen LogP contribution >= 0.6 is 0 Å². The Morgan fingerprint density at radius 1 is 1.26 bits per heavy atom. The van der Waals surface area contributed by atoms with Crippen LogP contribution in [0.3, 0.4) is 0 Å². The molecular formula is C16H31N7. The zero-order valence-electron chi connectivity index (χ0n) is 15.0. The maximum atomic E-state index is 4.66. The number of guanidine groups is 1. The van der Waals surface area contributed by atoms with Gasteiger partial charge in [-0.1, -0.05) is 6.92 Å². The molecule has 0 spiro atoms. The number of hydrogen-bond donors (Lipinski definition) is 2. The number of nitrogens with one attached hydrogen (secondary N) is 2. The summed E-state index contributed by atoms with van der Waals surface area (Å²) in [4.78, 5) is 7.21. The summed E-state index contributed by atoms with van der Waals surface area (Å²) in [7, 11) is 1.98. The Labute approximate surface area is 139 Å². The van der Waals surface area contributed by atoms with Crippen molar-refractivity contribution >= 4 is 5.96 Å². The van der Waals surface area contributed by atoms with Gasteiger partial charge < -0.3 is 20.1 Å². The molecule has 130 valence electrons. The summed E-state index contributed by atoms with van der Waals surface area (Å²) in [6.45, 7) is 11.3. The molecule has 0 aromatic carbocycles. The van der Waals surface area contributed by atoms with Gasteiger partial charge in [-0.15, -0.1) is 10.2 Å². The van der Waals surface area contributed by atoms with E-state index in [1.807, 2.05) is 18.5 Å². The topological polar surface area (TPSA) is 70.4 Å². The lowest BCUT2D eigenvalue weighted by Gasteiger charge is -2.32. The molecule has 23 heavy (non-hydrogen) atoms. The molecule has 1 aromatic rings. The van der Waals surface area contributed by atoms with Crippen molar-refractivity contribution in [3.8, 4) is 0 Å². The molecule has 0 bridgehead atoms. The average molecular weight is 321 g/mol. The second-order valence-electron chi connectivity index (χ2n) is 6.18. The Bertz CT molecular complexity index is 501. The third kappa shape index (κ3) is 5.20. The van der Waals surface area contributed by atoms with Crippen LogP contribution in [0.1, 0.15) is 44.8 Å². The van der Waals surface area contributed by atoms with Gasteiger partial charge >= 0.3 is 0 Å². The molecular weight excluding hydrogens is 290 g/mol. The highest BCUT2D eigenvalue weighted by Gasteiger charge is 2.19. The quantitative estimate of drug-likeness (QED) is 0.605. The van der Waals surface area contributed by atoms with Gasteiger partial charge in [-0.25, -0.2) is 4.99 Å².